The van der Waals surface area contributed by atoms with E-state index in [2.05, 4.69) is 48.6 Å². The van der Waals surface area contributed by atoms with Crippen LogP contribution in [-0.2, 0) is 0 Å². The maximum atomic E-state index is 2.67. The second-order valence-corrected chi connectivity index (χ2v) is 6.72. The Balaban J connectivity index is 3.72. The molecule has 0 aliphatic heterocycles. The van der Waals surface area contributed by atoms with Gasteiger partial charge >= 0.3 is 137 Å². The fourth-order valence-electron chi connectivity index (χ4n) is 2.92. The van der Waals surface area contributed by atoms with Gasteiger partial charge in [-0.25, -0.2) is 0 Å². The average molecular weight is 301 g/mol. The number of allylic oxidation sites excluding steroid dienone is 1. The Hall–Kier alpha value is 0.297. The molecule has 0 saturated carbocycles. The van der Waals surface area contributed by atoms with Gasteiger partial charge in [0.15, 0.2) is 0 Å². The van der Waals surface area contributed by atoms with Crippen molar-refractivity contribution >= 4 is 17.7 Å². The van der Waals surface area contributed by atoms with E-state index in [1.165, 1.54) is 95.2 Å². The Bertz CT molecular complexity index is 212. The fourth-order valence-corrected chi connectivity index (χ4v) is 2.92. The topological polar surface area (TPSA) is 3.24 Å². The van der Waals surface area contributed by atoms with Crippen molar-refractivity contribution in [3.05, 3.63) is 12.2 Å². The number of nitrogens with zero attached hydrogens (tertiary/aromatic N) is 1. The first-order valence-electron chi connectivity index (χ1n) is 10.2. The number of rotatable bonds is 17. The normalized spacial score (nSPS) is 11.9. The van der Waals surface area contributed by atoms with Crippen molar-refractivity contribution in [1.82, 2.24) is 4.90 Å². The maximum absolute atomic E-state index is 2.67. The molecule has 126 valence electrons. The molecule has 0 rings (SSSR count). The van der Waals surface area contributed by atoms with Crippen molar-refractivity contribution in [3.63, 3.8) is 0 Å². The smallest absolute Gasteiger partial charge is 0.0654 e. The second kappa shape index (κ2) is 19.3. The number of unbranched alkanes of at least 4 members (excludes halogenated alkanes) is 10. The van der Waals surface area contributed by atoms with Crippen LogP contribution in [0.25, 0.3) is 0 Å². The minimum atomic E-state index is 1.16. The molecule has 0 amide bonds. The predicted molar refractivity (Wildman–Crippen MR) is 103 cm³/mol. The molecular formula is C20H40LiN. The van der Waals surface area contributed by atoms with Gasteiger partial charge in [0.2, 0.25) is 0 Å². The van der Waals surface area contributed by atoms with E-state index in [4.69, 9.17) is 0 Å². The zero-order valence-electron chi connectivity index (χ0n) is 15.9. The van der Waals surface area contributed by atoms with Crippen LogP contribution in [-0.4, -0.2) is 42.2 Å². The SMILES string of the molecule is [Li][CH2]/C=C/CN(CCCCCCCC)CCCCCCCC. The molecule has 0 aliphatic rings. The zero-order valence-corrected chi connectivity index (χ0v) is 15.9. The van der Waals surface area contributed by atoms with Gasteiger partial charge in [-0.05, 0) is 0 Å². The monoisotopic (exact) mass is 301 g/mol. The van der Waals surface area contributed by atoms with Crippen LogP contribution in [0, 0.1) is 0 Å². The molecule has 22 heavy (non-hydrogen) atoms. The molecular weight excluding hydrogens is 261 g/mol. The first-order chi connectivity index (χ1) is 10.8. The summed E-state index contributed by atoms with van der Waals surface area (Å²) in [6.07, 6.45) is 21.6. The van der Waals surface area contributed by atoms with Crippen LogP contribution in [0.3, 0.4) is 0 Å². The van der Waals surface area contributed by atoms with Crippen LogP contribution in [0.15, 0.2) is 12.2 Å². The van der Waals surface area contributed by atoms with Gasteiger partial charge in [-0.3, -0.25) is 0 Å². The first kappa shape index (κ1) is 22.3. The van der Waals surface area contributed by atoms with E-state index >= 15 is 0 Å². The molecule has 0 aromatic carbocycles. The van der Waals surface area contributed by atoms with Crippen LogP contribution >= 0.6 is 0 Å². The minimum Gasteiger partial charge on any atom is -0.0654 e. The molecule has 0 aromatic heterocycles. The summed E-state index contributed by atoms with van der Waals surface area (Å²) >= 11 is 2.22. The quantitative estimate of drug-likeness (QED) is 0.177. The molecule has 0 fully saturated rings. The number of hydrogen-bond donors (Lipinski definition) is 0. The van der Waals surface area contributed by atoms with Crippen molar-refractivity contribution in [2.75, 3.05) is 19.6 Å². The molecule has 0 unspecified atom stereocenters. The summed E-state index contributed by atoms with van der Waals surface area (Å²) in [7, 11) is 0. The van der Waals surface area contributed by atoms with E-state index in [9.17, 15) is 0 Å². The molecule has 0 atom stereocenters. The molecule has 0 spiro atoms. The summed E-state index contributed by atoms with van der Waals surface area (Å²) in [6.45, 7) is 8.35. The van der Waals surface area contributed by atoms with Gasteiger partial charge in [-0.15, -0.1) is 0 Å². The van der Waals surface area contributed by atoms with Crippen LogP contribution in [0.1, 0.15) is 90.9 Å². The molecule has 0 bridgehead atoms. The number of hydrogen-bond acceptors (Lipinski definition) is 1. The Labute approximate surface area is 150 Å². The third-order valence-corrected chi connectivity index (χ3v) is 4.42. The van der Waals surface area contributed by atoms with E-state index in [-0.39, 0.29) is 0 Å². The van der Waals surface area contributed by atoms with Crippen molar-refractivity contribution in [1.29, 1.82) is 0 Å². The standard InChI is InChI=1S/C20H40N.Li/c1-4-7-10-12-14-16-19-21(18-9-6-3)20-17-15-13-11-8-5-2;/h6,9H,3-5,7-8,10-20H2,1-2H3;/b9-6+;. The van der Waals surface area contributed by atoms with Crippen LogP contribution < -0.4 is 0 Å². The van der Waals surface area contributed by atoms with Crippen LogP contribution in [0.2, 0.25) is 5.09 Å². The van der Waals surface area contributed by atoms with E-state index in [0.717, 1.165) is 6.54 Å². The summed E-state index contributed by atoms with van der Waals surface area (Å²) in [5.41, 5.74) is 0. The van der Waals surface area contributed by atoms with Gasteiger partial charge in [-0.1, -0.05) is 13.8 Å². The van der Waals surface area contributed by atoms with Crippen molar-refractivity contribution in [2.45, 2.75) is 96.0 Å². The second-order valence-electron chi connectivity index (χ2n) is 6.72. The minimum absolute atomic E-state index is 1.16. The average Bonchev–Trinajstić information content (AvgIpc) is 2.53. The third kappa shape index (κ3) is 16.7. The molecule has 0 N–H and O–H groups in total. The summed E-state index contributed by atoms with van der Waals surface area (Å²) in [4.78, 5) is 2.67. The van der Waals surface area contributed by atoms with E-state index in [1.54, 1.807) is 0 Å². The Morgan fingerprint density at radius 1 is 0.636 bits per heavy atom. The summed E-state index contributed by atoms with van der Waals surface area (Å²) < 4.78 is 0. The van der Waals surface area contributed by atoms with Gasteiger partial charge < -0.3 is 0 Å². The van der Waals surface area contributed by atoms with E-state index < -0.39 is 0 Å². The van der Waals surface area contributed by atoms with Gasteiger partial charge in [0.25, 0.3) is 0 Å². The Morgan fingerprint density at radius 2 is 1.09 bits per heavy atom. The zero-order chi connectivity index (χ0) is 16.3. The molecule has 0 radical (unpaired) electrons. The molecule has 0 aromatic rings. The van der Waals surface area contributed by atoms with Gasteiger partial charge in [0.1, 0.15) is 0 Å². The van der Waals surface area contributed by atoms with Crippen molar-refractivity contribution in [3.8, 4) is 0 Å². The molecule has 1 nitrogen and oxygen atoms in total. The van der Waals surface area contributed by atoms with Crippen LogP contribution in [0.5, 0.6) is 0 Å². The Kier molecular flexibility index (Phi) is 19.6. The molecule has 2 heteroatoms. The summed E-state index contributed by atoms with van der Waals surface area (Å²) in [5, 5.41) is 1.17. The van der Waals surface area contributed by atoms with E-state index in [0.29, 0.717) is 0 Å². The summed E-state index contributed by atoms with van der Waals surface area (Å²) in [6, 6.07) is 0. The van der Waals surface area contributed by atoms with Gasteiger partial charge in [-0.2, -0.15) is 0 Å². The van der Waals surface area contributed by atoms with Crippen molar-refractivity contribution < 1.29 is 0 Å². The fraction of sp³-hybridized carbons (Fsp3) is 0.900. The van der Waals surface area contributed by atoms with Crippen molar-refractivity contribution in [2.24, 2.45) is 0 Å². The van der Waals surface area contributed by atoms with Crippen LogP contribution in [0.4, 0.5) is 0 Å². The predicted octanol–water partition coefficient (Wildman–Crippen LogP) is 6.15. The van der Waals surface area contributed by atoms with Gasteiger partial charge in [0, 0.05) is 0 Å². The summed E-state index contributed by atoms with van der Waals surface area (Å²) in [5.74, 6) is 0. The third-order valence-electron chi connectivity index (χ3n) is 4.42. The Morgan fingerprint density at radius 3 is 1.55 bits per heavy atom. The first-order valence-corrected chi connectivity index (χ1v) is 10.2. The molecule has 0 aliphatic carbocycles. The molecule has 0 saturated heterocycles. The van der Waals surface area contributed by atoms with Gasteiger partial charge in [0.05, 0.1) is 0 Å². The molecule has 0 heterocycles. The van der Waals surface area contributed by atoms with E-state index in [1.807, 2.05) is 0 Å².